The lowest BCUT2D eigenvalue weighted by molar-refractivity contribution is -0.144. The van der Waals surface area contributed by atoms with Gasteiger partial charge in [-0.2, -0.15) is 0 Å². The molecular weight excluding hydrogens is 721 g/mol. The second-order valence-corrected chi connectivity index (χ2v) is 15.4. The van der Waals surface area contributed by atoms with E-state index in [1.807, 2.05) is 20.8 Å². The molecule has 9 heteroatoms. The second-order valence-electron chi connectivity index (χ2n) is 15.4. The molecule has 0 saturated heterocycles. The molecule has 6 aliphatic rings. The van der Waals surface area contributed by atoms with Gasteiger partial charge in [0.2, 0.25) is 0 Å². The summed E-state index contributed by atoms with van der Waals surface area (Å²) in [5.74, 6) is 0.981. The van der Waals surface area contributed by atoms with Crippen LogP contribution in [0.5, 0.6) is 0 Å². The standard InChI is InChI=1S/C11H16O.C10H16O.C7H8O3.C7H10O2.C7H10O.C6H8O/c1-3-4-5-6-10-9(2)7-8-11(10)12;1-2-3-4-6-9-7-5-8-10(9)11;1-5(8)10-7-3-2-6(9)4-7;1-5(8)6-3-2-4-7(6)9;1-5-3-4-7(8)6(5)2;1-5-2-3-6(7)4-5/h4-5H,3,6-8H2,1-2H3;7H,2-6,8H2,1H3;2-3,7H,4H2,1H3;6H,2-4H2,1H3;3-4H2,1-2H3;4H,2-3H2,1H3/b5-4-;;;;;/t;;7-;;;/m..0.../s1. The smallest absolute Gasteiger partial charge is 0.303 e. The average molecular weight is 789 g/mol. The average Bonchev–Trinajstić information content (AvgIpc) is 4.04. The number of Topliss-reactive ketones (excluding diaryl/α,β-unsaturated/α-hetero) is 5. The summed E-state index contributed by atoms with van der Waals surface area (Å²) >= 11 is 0. The lowest BCUT2D eigenvalue weighted by Gasteiger charge is -2.05. The number of carbonyl (C=O) groups is 8. The summed E-state index contributed by atoms with van der Waals surface area (Å²) < 4.78 is 4.74. The predicted molar refractivity (Wildman–Crippen MR) is 225 cm³/mol. The molecule has 0 heterocycles. The summed E-state index contributed by atoms with van der Waals surface area (Å²) in [5.41, 5.74) is 6.93. The maximum absolute atomic E-state index is 11.3. The van der Waals surface area contributed by atoms with Crippen molar-refractivity contribution >= 4 is 46.5 Å². The highest BCUT2D eigenvalue weighted by Gasteiger charge is 2.27. The lowest BCUT2D eigenvalue weighted by atomic mass is 10.0. The molecule has 314 valence electrons. The number of ether oxygens (including phenoxy) is 1. The van der Waals surface area contributed by atoms with E-state index in [1.54, 1.807) is 12.2 Å². The third-order valence-corrected chi connectivity index (χ3v) is 10.4. The summed E-state index contributed by atoms with van der Waals surface area (Å²) in [7, 11) is 0. The summed E-state index contributed by atoms with van der Waals surface area (Å²) in [4.78, 5) is 85.8. The molecule has 57 heavy (non-hydrogen) atoms. The molecule has 0 spiro atoms. The van der Waals surface area contributed by atoms with Gasteiger partial charge in [-0.1, -0.05) is 61.6 Å². The topological polar surface area (TPSA) is 146 Å². The SMILES string of the molecule is CC(=O)C1CCCC1=O.CC(=O)O[C@H]1C=CC(=O)C1.CC/C=C\CC1=C(C)CCC1=O.CC1=C(C)C(=O)CC1.CC1=CC(=O)CC1.CCCCCC1=CCCC1=O. The molecule has 0 aliphatic heterocycles. The maximum Gasteiger partial charge on any atom is 0.303 e. The minimum absolute atomic E-state index is 0.0197. The van der Waals surface area contributed by atoms with E-state index < -0.39 is 0 Å². The van der Waals surface area contributed by atoms with Crippen LogP contribution >= 0.6 is 0 Å². The van der Waals surface area contributed by atoms with Crippen molar-refractivity contribution in [2.24, 2.45) is 5.92 Å². The van der Waals surface area contributed by atoms with Crippen molar-refractivity contribution in [1.29, 1.82) is 0 Å². The number of esters is 1. The zero-order valence-corrected chi connectivity index (χ0v) is 36.0. The van der Waals surface area contributed by atoms with Crippen LogP contribution in [0.15, 0.2) is 69.9 Å². The van der Waals surface area contributed by atoms with E-state index in [4.69, 9.17) is 4.74 Å². The lowest BCUT2D eigenvalue weighted by Crippen LogP contribution is -2.14. The van der Waals surface area contributed by atoms with E-state index in [0.717, 1.165) is 100 Å². The first-order valence-electron chi connectivity index (χ1n) is 20.9. The molecule has 0 bridgehead atoms. The van der Waals surface area contributed by atoms with E-state index in [0.29, 0.717) is 30.2 Å². The predicted octanol–water partition coefficient (Wildman–Crippen LogP) is 10.3. The van der Waals surface area contributed by atoms with Gasteiger partial charge in [-0.05, 0) is 134 Å². The van der Waals surface area contributed by atoms with E-state index >= 15 is 0 Å². The monoisotopic (exact) mass is 788 g/mol. The van der Waals surface area contributed by atoms with Gasteiger partial charge in [0.05, 0.1) is 12.3 Å². The Bertz CT molecular complexity index is 1640. The third kappa shape index (κ3) is 21.1. The Morgan fingerprint density at radius 3 is 1.79 bits per heavy atom. The van der Waals surface area contributed by atoms with Crippen molar-refractivity contribution in [3.63, 3.8) is 0 Å². The Morgan fingerprint density at radius 2 is 1.44 bits per heavy atom. The number of carbonyl (C=O) groups excluding carboxylic acids is 8. The first-order chi connectivity index (χ1) is 27.0. The van der Waals surface area contributed by atoms with Crippen molar-refractivity contribution < 1.29 is 43.1 Å². The summed E-state index contributed by atoms with van der Waals surface area (Å²) in [6.45, 7) is 15.1. The van der Waals surface area contributed by atoms with Crippen LogP contribution in [0.4, 0.5) is 0 Å². The Kier molecular flexibility index (Phi) is 24.9. The largest absolute Gasteiger partial charge is 0.458 e. The van der Waals surface area contributed by atoms with Gasteiger partial charge in [-0.15, -0.1) is 0 Å². The van der Waals surface area contributed by atoms with E-state index in [2.05, 4.69) is 39.0 Å². The zero-order chi connectivity index (χ0) is 42.9. The summed E-state index contributed by atoms with van der Waals surface area (Å²) in [6, 6.07) is 0. The highest BCUT2D eigenvalue weighted by Crippen LogP contribution is 2.25. The molecule has 1 saturated carbocycles. The van der Waals surface area contributed by atoms with Crippen LogP contribution in [-0.2, 0) is 43.1 Å². The quantitative estimate of drug-likeness (QED) is 0.0964. The van der Waals surface area contributed by atoms with Crippen molar-refractivity contribution in [2.75, 3.05) is 0 Å². The minimum Gasteiger partial charge on any atom is -0.458 e. The minimum atomic E-state index is -0.343. The zero-order valence-electron chi connectivity index (χ0n) is 36.0. The molecular formula is C48H68O9. The molecule has 0 aromatic rings. The third-order valence-electron chi connectivity index (χ3n) is 10.4. The highest BCUT2D eigenvalue weighted by molar-refractivity contribution is 6.02. The Balaban J connectivity index is 0.000000345. The molecule has 6 rings (SSSR count). The number of rotatable bonds is 9. The van der Waals surface area contributed by atoms with E-state index in [-0.39, 0.29) is 41.1 Å². The number of hydrogen-bond acceptors (Lipinski definition) is 9. The normalized spacial score (nSPS) is 20.8. The van der Waals surface area contributed by atoms with Crippen molar-refractivity contribution in [3.8, 4) is 0 Å². The molecule has 6 aliphatic carbocycles. The molecule has 1 unspecified atom stereocenters. The van der Waals surface area contributed by atoms with Crippen LogP contribution < -0.4 is 0 Å². The molecule has 1 fully saturated rings. The van der Waals surface area contributed by atoms with Gasteiger partial charge in [0.25, 0.3) is 0 Å². The van der Waals surface area contributed by atoms with Crippen LogP contribution in [0.1, 0.15) is 171 Å². The van der Waals surface area contributed by atoms with E-state index in [1.165, 1.54) is 55.9 Å². The van der Waals surface area contributed by atoms with Crippen LogP contribution in [0, 0.1) is 5.92 Å². The molecule has 0 aromatic heterocycles. The molecule has 0 N–H and O–H groups in total. The van der Waals surface area contributed by atoms with Crippen LogP contribution in [-0.4, -0.2) is 52.6 Å². The number of hydrogen-bond donors (Lipinski definition) is 0. The van der Waals surface area contributed by atoms with Gasteiger partial charge in [-0.25, -0.2) is 0 Å². The van der Waals surface area contributed by atoms with Gasteiger partial charge in [0.15, 0.2) is 28.9 Å². The number of ketones is 7. The second kappa shape index (κ2) is 28.1. The maximum atomic E-state index is 11.3. The van der Waals surface area contributed by atoms with Gasteiger partial charge >= 0.3 is 5.97 Å². The Hall–Kier alpha value is -4.40. The van der Waals surface area contributed by atoms with Crippen LogP contribution in [0.25, 0.3) is 0 Å². The molecule has 9 nitrogen and oxygen atoms in total. The van der Waals surface area contributed by atoms with Gasteiger partial charge < -0.3 is 4.74 Å². The fraction of sp³-hybridized carbons (Fsp3) is 0.583. The Labute approximate surface area is 341 Å². The van der Waals surface area contributed by atoms with Gasteiger partial charge in [0, 0.05) is 39.0 Å². The van der Waals surface area contributed by atoms with Crippen molar-refractivity contribution in [3.05, 3.63) is 69.9 Å². The van der Waals surface area contributed by atoms with Crippen LogP contribution in [0.3, 0.4) is 0 Å². The molecule has 2 atom stereocenters. The first kappa shape index (κ1) is 50.6. The highest BCUT2D eigenvalue weighted by atomic mass is 16.5. The molecule has 0 amide bonds. The van der Waals surface area contributed by atoms with Gasteiger partial charge in [-0.3, -0.25) is 38.4 Å². The number of unbranched alkanes of at least 4 members (excludes halogenated alkanes) is 2. The fourth-order valence-electron chi connectivity index (χ4n) is 6.70. The van der Waals surface area contributed by atoms with Crippen molar-refractivity contribution in [1.82, 2.24) is 0 Å². The molecule has 0 radical (unpaired) electrons. The van der Waals surface area contributed by atoms with E-state index in [9.17, 15) is 38.4 Å². The van der Waals surface area contributed by atoms with Crippen LogP contribution in [0.2, 0.25) is 0 Å². The summed E-state index contributed by atoms with van der Waals surface area (Å²) in [6.07, 6.45) is 26.9. The summed E-state index contributed by atoms with van der Waals surface area (Å²) in [5, 5.41) is 0. The number of allylic oxidation sites excluding steroid dienone is 11. The fourth-order valence-corrected chi connectivity index (χ4v) is 6.70. The van der Waals surface area contributed by atoms with Crippen molar-refractivity contribution in [2.45, 2.75) is 177 Å². The first-order valence-corrected chi connectivity index (χ1v) is 20.9. The Morgan fingerprint density at radius 1 is 0.754 bits per heavy atom. The molecule has 0 aromatic carbocycles. The van der Waals surface area contributed by atoms with Gasteiger partial charge in [0.1, 0.15) is 17.7 Å².